The molecule has 2 aromatic rings. The van der Waals surface area contributed by atoms with Crippen LogP contribution in [-0.2, 0) is 0 Å². The molecule has 0 unspecified atom stereocenters. The highest BCUT2D eigenvalue weighted by Crippen LogP contribution is 2.43. The van der Waals surface area contributed by atoms with Gasteiger partial charge in [0.25, 0.3) is 0 Å². The van der Waals surface area contributed by atoms with E-state index in [9.17, 15) is 0 Å². The van der Waals surface area contributed by atoms with Gasteiger partial charge in [0.1, 0.15) is 11.5 Å². The molecule has 0 bridgehead atoms. The summed E-state index contributed by atoms with van der Waals surface area (Å²) < 4.78 is 21.3. The molecule has 3 nitrogen and oxygen atoms in total. The van der Waals surface area contributed by atoms with Gasteiger partial charge in [0.15, 0.2) is 5.83 Å². The maximum Gasteiger partial charge on any atom is 0.158 e. The molecule has 22 heavy (non-hydrogen) atoms. The van der Waals surface area contributed by atoms with E-state index in [4.69, 9.17) is 4.74 Å². The standard InChI is InChI=1S/C18H17FN2O/c19-17-13-5-1-3-7-15(13)22-16-8-4-2-6-14(16)18(17)21-11-9-20-10-12-21/h1-8,20H,9-12H2. The fraction of sp³-hybridized carbons (Fsp3) is 0.222. The fourth-order valence-corrected chi connectivity index (χ4v) is 3.05. The molecule has 0 amide bonds. The number of piperazine rings is 1. The molecular formula is C18H17FN2O. The van der Waals surface area contributed by atoms with E-state index >= 15 is 4.39 Å². The van der Waals surface area contributed by atoms with Gasteiger partial charge in [-0.3, -0.25) is 0 Å². The first kappa shape index (κ1) is 13.3. The Bertz CT molecular complexity index is 735. The molecule has 0 radical (unpaired) electrons. The summed E-state index contributed by atoms with van der Waals surface area (Å²) in [5.74, 6) is 1.07. The molecule has 2 aliphatic rings. The third-order valence-electron chi connectivity index (χ3n) is 4.13. The summed E-state index contributed by atoms with van der Waals surface area (Å²) in [6.45, 7) is 3.31. The minimum absolute atomic E-state index is 0.206. The Labute approximate surface area is 129 Å². The highest BCUT2D eigenvalue weighted by atomic mass is 19.1. The molecule has 1 fully saturated rings. The van der Waals surface area contributed by atoms with Crippen molar-refractivity contribution in [2.75, 3.05) is 26.2 Å². The normalized spacial score (nSPS) is 17.4. The molecule has 1 saturated heterocycles. The van der Waals surface area contributed by atoms with Crippen molar-refractivity contribution in [1.82, 2.24) is 10.2 Å². The van der Waals surface area contributed by atoms with Crippen LogP contribution >= 0.6 is 0 Å². The predicted octanol–water partition coefficient (Wildman–Crippen LogP) is 3.49. The first-order valence-corrected chi connectivity index (χ1v) is 7.57. The summed E-state index contributed by atoms with van der Waals surface area (Å²) >= 11 is 0. The third-order valence-corrected chi connectivity index (χ3v) is 4.13. The van der Waals surface area contributed by atoms with Gasteiger partial charge >= 0.3 is 0 Å². The molecule has 0 atom stereocenters. The van der Waals surface area contributed by atoms with Gasteiger partial charge in [0, 0.05) is 31.7 Å². The molecule has 0 saturated carbocycles. The number of para-hydroxylation sites is 2. The molecule has 2 aromatic carbocycles. The second-order valence-electron chi connectivity index (χ2n) is 5.49. The van der Waals surface area contributed by atoms with E-state index in [-0.39, 0.29) is 5.83 Å². The second kappa shape index (κ2) is 5.46. The Morgan fingerprint density at radius 3 is 2.18 bits per heavy atom. The van der Waals surface area contributed by atoms with Crippen LogP contribution in [0.2, 0.25) is 0 Å². The van der Waals surface area contributed by atoms with Crippen LogP contribution in [0.1, 0.15) is 11.1 Å². The van der Waals surface area contributed by atoms with Crippen LogP contribution in [0.4, 0.5) is 4.39 Å². The molecule has 4 rings (SSSR count). The van der Waals surface area contributed by atoms with Gasteiger partial charge in [0.2, 0.25) is 0 Å². The summed E-state index contributed by atoms with van der Waals surface area (Å²) in [6.07, 6.45) is 0. The van der Waals surface area contributed by atoms with Gasteiger partial charge in [-0.25, -0.2) is 4.39 Å². The van der Waals surface area contributed by atoms with E-state index in [0.29, 0.717) is 22.8 Å². The molecule has 4 heteroatoms. The van der Waals surface area contributed by atoms with Crippen molar-refractivity contribution in [1.29, 1.82) is 0 Å². The van der Waals surface area contributed by atoms with Crippen LogP contribution in [0.25, 0.3) is 11.5 Å². The Kier molecular flexibility index (Phi) is 3.31. The number of rotatable bonds is 1. The molecule has 112 valence electrons. The summed E-state index contributed by atoms with van der Waals surface area (Å²) in [7, 11) is 0. The zero-order chi connectivity index (χ0) is 14.9. The van der Waals surface area contributed by atoms with Crippen molar-refractivity contribution in [3.63, 3.8) is 0 Å². The van der Waals surface area contributed by atoms with E-state index < -0.39 is 0 Å². The van der Waals surface area contributed by atoms with Crippen molar-refractivity contribution in [3.8, 4) is 11.5 Å². The number of nitrogens with zero attached hydrogens (tertiary/aromatic N) is 1. The Morgan fingerprint density at radius 1 is 0.864 bits per heavy atom. The second-order valence-corrected chi connectivity index (χ2v) is 5.49. The Hall–Kier alpha value is -2.33. The van der Waals surface area contributed by atoms with Gasteiger partial charge in [-0.15, -0.1) is 0 Å². The quantitative estimate of drug-likeness (QED) is 0.872. The summed E-state index contributed by atoms with van der Waals surface area (Å²) in [6, 6.07) is 15.0. The summed E-state index contributed by atoms with van der Waals surface area (Å²) in [5.41, 5.74) is 1.98. The van der Waals surface area contributed by atoms with Gasteiger partial charge in [-0.05, 0) is 24.3 Å². The summed E-state index contributed by atoms with van der Waals surface area (Å²) in [5, 5.41) is 3.31. The predicted molar refractivity (Wildman–Crippen MR) is 85.3 cm³/mol. The highest BCUT2D eigenvalue weighted by Gasteiger charge is 2.27. The van der Waals surface area contributed by atoms with Gasteiger partial charge < -0.3 is 15.0 Å². The van der Waals surface area contributed by atoms with E-state index in [0.717, 1.165) is 31.7 Å². The average molecular weight is 296 g/mol. The Balaban J connectivity index is 1.94. The largest absolute Gasteiger partial charge is 0.456 e. The number of ether oxygens (including phenoxy) is 1. The van der Waals surface area contributed by atoms with Gasteiger partial charge in [-0.2, -0.15) is 0 Å². The minimum atomic E-state index is -0.206. The Morgan fingerprint density at radius 2 is 1.45 bits per heavy atom. The SMILES string of the molecule is FC1=C(N2CCNCC2)c2ccccc2Oc2ccccc21. The molecule has 0 aromatic heterocycles. The monoisotopic (exact) mass is 296 g/mol. The lowest BCUT2D eigenvalue weighted by molar-refractivity contribution is 0.339. The molecule has 2 heterocycles. The molecule has 0 aliphatic carbocycles. The van der Waals surface area contributed by atoms with Crippen LogP contribution in [0.5, 0.6) is 11.5 Å². The number of hydrogen-bond acceptors (Lipinski definition) is 3. The van der Waals surface area contributed by atoms with Crippen molar-refractivity contribution in [2.45, 2.75) is 0 Å². The van der Waals surface area contributed by atoms with Gasteiger partial charge in [-0.1, -0.05) is 24.3 Å². The van der Waals surface area contributed by atoms with Crippen molar-refractivity contribution in [3.05, 3.63) is 59.7 Å². The maximum atomic E-state index is 15.3. The summed E-state index contributed by atoms with van der Waals surface area (Å²) in [4.78, 5) is 2.11. The average Bonchev–Trinajstić information content (AvgIpc) is 2.70. The topological polar surface area (TPSA) is 24.5 Å². The van der Waals surface area contributed by atoms with Gasteiger partial charge in [0.05, 0.1) is 11.3 Å². The third kappa shape index (κ3) is 2.16. The van der Waals surface area contributed by atoms with E-state index in [2.05, 4.69) is 10.2 Å². The lowest BCUT2D eigenvalue weighted by Crippen LogP contribution is -2.42. The number of hydrogen-bond donors (Lipinski definition) is 1. The number of nitrogens with one attached hydrogen (secondary N) is 1. The molecule has 1 N–H and O–H groups in total. The molecule has 2 aliphatic heterocycles. The van der Waals surface area contributed by atoms with Crippen LogP contribution in [-0.4, -0.2) is 31.1 Å². The van der Waals surface area contributed by atoms with Crippen LogP contribution < -0.4 is 10.1 Å². The maximum absolute atomic E-state index is 15.3. The number of fused-ring (bicyclic) bond motifs is 2. The van der Waals surface area contributed by atoms with Crippen LogP contribution in [0, 0.1) is 0 Å². The first-order valence-electron chi connectivity index (χ1n) is 7.57. The molecule has 0 spiro atoms. The number of benzene rings is 2. The van der Waals surface area contributed by atoms with Crippen LogP contribution in [0.3, 0.4) is 0 Å². The van der Waals surface area contributed by atoms with E-state index in [1.807, 2.05) is 42.5 Å². The zero-order valence-corrected chi connectivity index (χ0v) is 12.2. The smallest absolute Gasteiger partial charge is 0.158 e. The van der Waals surface area contributed by atoms with Crippen molar-refractivity contribution < 1.29 is 9.13 Å². The minimum Gasteiger partial charge on any atom is -0.456 e. The zero-order valence-electron chi connectivity index (χ0n) is 12.2. The fourth-order valence-electron chi connectivity index (χ4n) is 3.05. The lowest BCUT2D eigenvalue weighted by Gasteiger charge is -2.32. The van der Waals surface area contributed by atoms with Crippen molar-refractivity contribution >= 4 is 11.5 Å². The lowest BCUT2D eigenvalue weighted by atomic mass is 10.1. The first-order chi connectivity index (χ1) is 10.8. The van der Waals surface area contributed by atoms with Crippen LogP contribution in [0.15, 0.2) is 48.5 Å². The number of halogens is 1. The van der Waals surface area contributed by atoms with Crippen molar-refractivity contribution in [2.24, 2.45) is 0 Å². The van der Waals surface area contributed by atoms with E-state index in [1.165, 1.54) is 0 Å². The van der Waals surface area contributed by atoms with E-state index in [1.54, 1.807) is 6.07 Å². The molecular weight excluding hydrogens is 279 g/mol. The highest BCUT2D eigenvalue weighted by molar-refractivity contribution is 5.91.